The van der Waals surface area contributed by atoms with Crippen LogP contribution in [0.15, 0.2) is 42.5 Å². The van der Waals surface area contributed by atoms with Gasteiger partial charge in [0.1, 0.15) is 24.0 Å². The molecule has 100 valence electrons. The average molecular weight is 263 g/mol. The van der Waals surface area contributed by atoms with Gasteiger partial charge >= 0.3 is 0 Å². The van der Waals surface area contributed by atoms with Crippen molar-refractivity contribution in [1.82, 2.24) is 0 Å². The van der Waals surface area contributed by atoms with E-state index < -0.39 is 11.9 Å². The molecular weight excluding hydrogens is 248 g/mol. The van der Waals surface area contributed by atoms with Crippen LogP contribution in [-0.4, -0.2) is 0 Å². The highest BCUT2D eigenvalue weighted by molar-refractivity contribution is 5.37. The van der Waals surface area contributed by atoms with Crippen LogP contribution in [0.2, 0.25) is 0 Å². The van der Waals surface area contributed by atoms with Crippen LogP contribution in [0.4, 0.5) is 8.78 Å². The van der Waals surface area contributed by atoms with Crippen molar-refractivity contribution in [1.29, 1.82) is 0 Å². The Kier molecular flexibility index (Phi) is 4.12. The van der Waals surface area contributed by atoms with E-state index in [1.165, 1.54) is 18.2 Å². The van der Waals surface area contributed by atoms with Crippen molar-refractivity contribution in [2.24, 2.45) is 5.73 Å². The van der Waals surface area contributed by atoms with Gasteiger partial charge in [-0.15, -0.1) is 0 Å². The van der Waals surface area contributed by atoms with Crippen LogP contribution in [0.5, 0.6) is 5.75 Å². The van der Waals surface area contributed by atoms with E-state index in [-0.39, 0.29) is 12.4 Å². The molecule has 19 heavy (non-hydrogen) atoms. The summed E-state index contributed by atoms with van der Waals surface area (Å²) in [5.74, 6) is -0.416. The van der Waals surface area contributed by atoms with Gasteiger partial charge in [0.2, 0.25) is 0 Å². The molecular formula is C15H15F2NO. The zero-order valence-electron chi connectivity index (χ0n) is 10.6. The van der Waals surface area contributed by atoms with Gasteiger partial charge in [0.15, 0.2) is 0 Å². The predicted molar refractivity (Wildman–Crippen MR) is 69.7 cm³/mol. The van der Waals surface area contributed by atoms with E-state index in [9.17, 15) is 8.78 Å². The highest BCUT2D eigenvalue weighted by Crippen LogP contribution is 2.27. The van der Waals surface area contributed by atoms with Crippen molar-refractivity contribution < 1.29 is 13.5 Å². The van der Waals surface area contributed by atoms with Crippen molar-refractivity contribution in [3.63, 3.8) is 0 Å². The fourth-order valence-electron chi connectivity index (χ4n) is 1.86. The summed E-state index contributed by atoms with van der Waals surface area (Å²) in [5.41, 5.74) is 6.44. The normalized spacial score (nSPS) is 12.2. The van der Waals surface area contributed by atoms with Gasteiger partial charge in [0, 0.05) is 17.2 Å². The Morgan fingerprint density at radius 2 is 1.74 bits per heavy atom. The smallest absolute Gasteiger partial charge is 0.131 e. The Labute approximate surface area is 110 Å². The number of nitrogens with two attached hydrogens (primary N) is 1. The van der Waals surface area contributed by atoms with E-state index in [2.05, 4.69) is 0 Å². The quantitative estimate of drug-likeness (QED) is 0.915. The SMILES string of the molecule is C[C@H](N)c1c(F)cccc1OCc1ccccc1F. The molecule has 0 aliphatic carbocycles. The summed E-state index contributed by atoms with van der Waals surface area (Å²) < 4.78 is 32.6. The lowest BCUT2D eigenvalue weighted by Gasteiger charge is -2.15. The summed E-state index contributed by atoms with van der Waals surface area (Å²) in [7, 11) is 0. The Balaban J connectivity index is 2.21. The minimum Gasteiger partial charge on any atom is -0.488 e. The third-order valence-corrected chi connectivity index (χ3v) is 2.81. The number of hydrogen-bond donors (Lipinski definition) is 1. The van der Waals surface area contributed by atoms with Gasteiger partial charge in [-0.1, -0.05) is 24.3 Å². The molecule has 0 aliphatic heterocycles. The second kappa shape index (κ2) is 5.80. The molecule has 0 unspecified atom stereocenters. The van der Waals surface area contributed by atoms with Gasteiger partial charge in [-0.2, -0.15) is 0 Å². The summed E-state index contributed by atoms with van der Waals surface area (Å²) in [5, 5.41) is 0. The van der Waals surface area contributed by atoms with Crippen molar-refractivity contribution >= 4 is 0 Å². The van der Waals surface area contributed by atoms with Crippen LogP contribution >= 0.6 is 0 Å². The fraction of sp³-hybridized carbons (Fsp3) is 0.200. The zero-order chi connectivity index (χ0) is 13.8. The molecule has 0 spiro atoms. The highest BCUT2D eigenvalue weighted by atomic mass is 19.1. The van der Waals surface area contributed by atoms with Crippen LogP contribution < -0.4 is 10.5 Å². The van der Waals surface area contributed by atoms with E-state index in [1.54, 1.807) is 31.2 Å². The third-order valence-electron chi connectivity index (χ3n) is 2.81. The Hall–Kier alpha value is -1.94. The molecule has 0 fully saturated rings. The summed E-state index contributed by atoms with van der Waals surface area (Å²) in [6.45, 7) is 1.71. The van der Waals surface area contributed by atoms with Crippen molar-refractivity contribution in [2.45, 2.75) is 19.6 Å². The summed E-state index contributed by atoms with van der Waals surface area (Å²) in [4.78, 5) is 0. The molecule has 2 aromatic carbocycles. The van der Waals surface area contributed by atoms with E-state index in [0.717, 1.165) is 0 Å². The van der Waals surface area contributed by atoms with Gasteiger partial charge in [0.05, 0.1) is 0 Å². The largest absolute Gasteiger partial charge is 0.488 e. The minimum absolute atomic E-state index is 0.0375. The van der Waals surface area contributed by atoms with Crippen LogP contribution in [-0.2, 0) is 6.61 Å². The molecule has 2 aromatic rings. The molecule has 2 rings (SSSR count). The number of halogens is 2. The van der Waals surface area contributed by atoms with Crippen LogP contribution in [0.1, 0.15) is 24.1 Å². The summed E-state index contributed by atoms with van der Waals surface area (Å²) >= 11 is 0. The zero-order valence-corrected chi connectivity index (χ0v) is 10.6. The number of rotatable bonds is 4. The van der Waals surface area contributed by atoms with E-state index >= 15 is 0 Å². The second-order valence-electron chi connectivity index (χ2n) is 4.32. The molecule has 1 atom stereocenters. The van der Waals surface area contributed by atoms with Crippen molar-refractivity contribution in [3.05, 3.63) is 65.2 Å². The molecule has 0 amide bonds. The van der Waals surface area contributed by atoms with E-state index in [1.807, 2.05) is 0 Å². The number of benzene rings is 2. The molecule has 0 radical (unpaired) electrons. The Morgan fingerprint density at radius 3 is 2.42 bits per heavy atom. The standard InChI is InChI=1S/C15H15F2NO/c1-10(18)15-13(17)7-4-8-14(15)19-9-11-5-2-3-6-12(11)16/h2-8,10H,9,18H2,1H3/t10-/m0/s1. The lowest BCUT2D eigenvalue weighted by Crippen LogP contribution is -2.10. The molecule has 0 saturated heterocycles. The van der Waals surface area contributed by atoms with Gasteiger partial charge < -0.3 is 10.5 Å². The topological polar surface area (TPSA) is 35.2 Å². The molecule has 0 heterocycles. The monoisotopic (exact) mass is 263 g/mol. The molecule has 0 bridgehead atoms. The molecule has 0 aromatic heterocycles. The molecule has 2 nitrogen and oxygen atoms in total. The first-order valence-corrected chi connectivity index (χ1v) is 6.00. The molecule has 0 saturated carbocycles. The summed E-state index contributed by atoms with van der Waals surface area (Å²) in [6, 6.07) is 10.3. The number of hydrogen-bond acceptors (Lipinski definition) is 2. The molecule has 0 aliphatic rings. The van der Waals surface area contributed by atoms with Gasteiger partial charge in [0.25, 0.3) is 0 Å². The van der Waals surface area contributed by atoms with Gasteiger partial charge in [-0.05, 0) is 25.1 Å². The van der Waals surface area contributed by atoms with Crippen LogP contribution in [0, 0.1) is 11.6 Å². The average Bonchev–Trinajstić information content (AvgIpc) is 2.37. The molecule has 2 N–H and O–H groups in total. The van der Waals surface area contributed by atoms with Gasteiger partial charge in [-0.3, -0.25) is 0 Å². The van der Waals surface area contributed by atoms with E-state index in [4.69, 9.17) is 10.5 Å². The Bertz CT molecular complexity index is 570. The fourth-order valence-corrected chi connectivity index (χ4v) is 1.86. The lowest BCUT2D eigenvalue weighted by atomic mass is 10.1. The maximum absolute atomic E-state index is 13.7. The predicted octanol–water partition coefficient (Wildman–Crippen LogP) is 3.56. The second-order valence-corrected chi connectivity index (χ2v) is 4.32. The van der Waals surface area contributed by atoms with Crippen molar-refractivity contribution in [3.8, 4) is 5.75 Å². The van der Waals surface area contributed by atoms with Crippen molar-refractivity contribution in [2.75, 3.05) is 0 Å². The van der Waals surface area contributed by atoms with Crippen LogP contribution in [0.25, 0.3) is 0 Å². The van der Waals surface area contributed by atoms with Gasteiger partial charge in [-0.25, -0.2) is 8.78 Å². The summed E-state index contributed by atoms with van der Waals surface area (Å²) in [6.07, 6.45) is 0. The first-order chi connectivity index (χ1) is 9.09. The van der Waals surface area contributed by atoms with E-state index in [0.29, 0.717) is 16.9 Å². The maximum Gasteiger partial charge on any atom is 0.131 e. The first kappa shape index (κ1) is 13.5. The number of ether oxygens (including phenoxy) is 1. The first-order valence-electron chi connectivity index (χ1n) is 6.00. The maximum atomic E-state index is 13.7. The highest BCUT2D eigenvalue weighted by Gasteiger charge is 2.14. The Morgan fingerprint density at radius 1 is 1.05 bits per heavy atom. The van der Waals surface area contributed by atoms with Crippen LogP contribution in [0.3, 0.4) is 0 Å². The minimum atomic E-state index is -0.489. The molecule has 4 heteroatoms. The third kappa shape index (κ3) is 3.09. The lowest BCUT2D eigenvalue weighted by molar-refractivity contribution is 0.293.